The van der Waals surface area contributed by atoms with Crippen molar-refractivity contribution in [2.45, 2.75) is 32.6 Å². The van der Waals surface area contributed by atoms with Gasteiger partial charge in [0.25, 0.3) is 0 Å². The van der Waals surface area contributed by atoms with Crippen molar-refractivity contribution in [1.29, 1.82) is 0 Å². The number of nitrogens with zero attached hydrogens (tertiary/aromatic N) is 2. The summed E-state index contributed by atoms with van der Waals surface area (Å²) in [6.45, 7) is 4.02. The monoisotopic (exact) mass is 183 g/mol. The molecule has 0 atom stereocenters. The molecular weight excluding hydrogens is 170 g/mol. The number of carboxylic acid groups (broad SMARTS) is 1. The van der Waals surface area contributed by atoms with E-state index in [2.05, 4.69) is 15.4 Å². The van der Waals surface area contributed by atoms with Gasteiger partial charge in [0.05, 0.1) is 0 Å². The third-order valence-corrected chi connectivity index (χ3v) is 2.15. The average Bonchev–Trinajstić information content (AvgIpc) is 2.55. The van der Waals surface area contributed by atoms with Crippen LogP contribution in [0.5, 0.6) is 0 Å². The van der Waals surface area contributed by atoms with Crippen LogP contribution in [0.1, 0.15) is 48.8 Å². The van der Waals surface area contributed by atoms with Crippen LogP contribution in [0.4, 0.5) is 0 Å². The van der Waals surface area contributed by atoms with Crippen LogP contribution in [0.2, 0.25) is 0 Å². The first-order chi connectivity index (χ1) is 6.20. The second-order valence-electron chi connectivity index (χ2n) is 2.88. The Morgan fingerprint density at radius 2 is 2.08 bits per heavy atom. The van der Waals surface area contributed by atoms with Crippen LogP contribution in [0.15, 0.2) is 0 Å². The minimum absolute atomic E-state index is 0.0497. The Bertz CT molecular complexity index is 291. The van der Waals surface area contributed by atoms with Gasteiger partial charge in [-0.1, -0.05) is 13.8 Å². The second kappa shape index (κ2) is 4.02. The standard InChI is InChI=1S/C8H13N3O2/c1-3-5(4-2)6-7(8(12)13)10-11-9-6/h5H,3-4H2,1-2H3,(H,12,13)(H,9,10,11). The largest absolute Gasteiger partial charge is 0.476 e. The molecule has 1 aromatic heterocycles. The molecule has 1 aromatic rings. The molecule has 13 heavy (non-hydrogen) atoms. The zero-order valence-corrected chi connectivity index (χ0v) is 7.74. The molecule has 0 aliphatic heterocycles. The smallest absolute Gasteiger partial charge is 0.358 e. The van der Waals surface area contributed by atoms with Gasteiger partial charge in [0.2, 0.25) is 0 Å². The van der Waals surface area contributed by atoms with Gasteiger partial charge < -0.3 is 5.11 Å². The van der Waals surface area contributed by atoms with E-state index >= 15 is 0 Å². The SMILES string of the molecule is CCC(CC)c1n[nH]nc1C(=O)O. The van der Waals surface area contributed by atoms with Gasteiger partial charge in [0.15, 0.2) is 5.69 Å². The summed E-state index contributed by atoms with van der Waals surface area (Å²) in [6, 6.07) is 0. The minimum Gasteiger partial charge on any atom is -0.476 e. The van der Waals surface area contributed by atoms with Gasteiger partial charge in [0, 0.05) is 5.92 Å². The number of hydrogen-bond donors (Lipinski definition) is 2. The summed E-state index contributed by atoms with van der Waals surface area (Å²) in [5, 5.41) is 18.6. The van der Waals surface area contributed by atoms with E-state index < -0.39 is 5.97 Å². The lowest BCUT2D eigenvalue weighted by Crippen LogP contribution is -2.06. The summed E-state index contributed by atoms with van der Waals surface area (Å²) < 4.78 is 0. The molecule has 0 amide bonds. The predicted molar refractivity (Wildman–Crippen MR) is 46.7 cm³/mol. The molecule has 0 aromatic carbocycles. The van der Waals surface area contributed by atoms with Gasteiger partial charge in [-0.15, -0.1) is 5.10 Å². The van der Waals surface area contributed by atoms with E-state index in [1.165, 1.54) is 0 Å². The van der Waals surface area contributed by atoms with Gasteiger partial charge in [-0.3, -0.25) is 0 Å². The molecule has 1 heterocycles. The van der Waals surface area contributed by atoms with Crippen molar-refractivity contribution < 1.29 is 9.90 Å². The highest BCUT2D eigenvalue weighted by Crippen LogP contribution is 2.22. The third-order valence-electron chi connectivity index (χ3n) is 2.15. The van der Waals surface area contributed by atoms with E-state index in [1.54, 1.807) is 0 Å². The first kappa shape index (κ1) is 9.70. The van der Waals surface area contributed by atoms with Gasteiger partial charge in [-0.05, 0) is 12.8 Å². The maximum Gasteiger partial charge on any atom is 0.358 e. The van der Waals surface area contributed by atoms with E-state index in [4.69, 9.17) is 5.11 Å². The van der Waals surface area contributed by atoms with Crippen LogP contribution in [0.25, 0.3) is 0 Å². The van der Waals surface area contributed by atoms with Crippen molar-refractivity contribution in [3.63, 3.8) is 0 Å². The molecule has 0 radical (unpaired) electrons. The van der Waals surface area contributed by atoms with Crippen LogP contribution in [0, 0.1) is 0 Å². The highest BCUT2D eigenvalue weighted by molar-refractivity contribution is 5.86. The summed E-state index contributed by atoms with van der Waals surface area (Å²) in [6.07, 6.45) is 1.76. The Labute approximate surface area is 76.2 Å². The second-order valence-corrected chi connectivity index (χ2v) is 2.88. The first-order valence-corrected chi connectivity index (χ1v) is 4.34. The maximum absolute atomic E-state index is 10.7. The molecule has 0 bridgehead atoms. The van der Waals surface area contributed by atoms with Gasteiger partial charge in [-0.25, -0.2) is 4.79 Å². The Morgan fingerprint density at radius 3 is 2.54 bits per heavy atom. The fourth-order valence-electron chi connectivity index (χ4n) is 1.36. The van der Waals surface area contributed by atoms with Crippen molar-refractivity contribution in [3.8, 4) is 0 Å². The normalized spacial score (nSPS) is 10.7. The molecular formula is C8H13N3O2. The molecule has 0 fully saturated rings. The highest BCUT2D eigenvalue weighted by Gasteiger charge is 2.20. The fourth-order valence-corrected chi connectivity index (χ4v) is 1.36. The van der Waals surface area contributed by atoms with Crippen molar-refractivity contribution in [3.05, 3.63) is 11.4 Å². The van der Waals surface area contributed by atoms with Crippen molar-refractivity contribution in [2.24, 2.45) is 0 Å². The lowest BCUT2D eigenvalue weighted by molar-refractivity contribution is 0.0688. The molecule has 0 spiro atoms. The maximum atomic E-state index is 10.7. The molecule has 72 valence electrons. The summed E-state index contributed by atoms with van der Waals surface area (Å²) in [4.78, 5) is 10.7. The van der Waals surface area contributed by atoms with Crippen LogP contribution >= 0.6 is 0 Å². The van der Waals surface area contributed by atoms with E-state index in [9.17, 15) is 4.79 Å². The summed E-state index contributed by atoms with van der Waals surface area (Å²) >= 11 is 0. The minimum atomic E-state index is -1.02. The quantitative estimate of drug-likeness (QED) is 0.739. The van der Waals surface area contributed by atoms with Crippen molar-refractivity contribution in [1.82, 2.24) is 15.4 Å². The summed E-state index contributed by atoms with van der Waals surface area (Å²) in [7, 11) is 0. The van der Waals surface area contributed by atoms with Gasteiger partial charge >= 0.3 is 5.97 Å². The Balaban J connectivity index is 2.98. The molecule has 5 nitrogen and oxygen atoms in total. The highest BCUT2D eigenvalue weighted by atomic mass is 16.4. The molecule has 0 unspecified atom stereocenters. The number of aromatic amines is 1. The van der Waals surface area contributed by atoms with E-state index in [-0.39, 0.29) is 11.6 Å². The molecule has 0 aliphatic carbocycles. The third kappa shape index (κ3) is 1.85. The molecule has 1 rings (SSSR count). The van der Waals surface area contributed by atoms with Crippen LogP contribution in [0.3, 0.4) is 0 Å². The number of hydrogen-bond acceptors (Lipinski definition) is 3. The molecule has 0 saturated heterocycles. The van der Waals surface area contributed by atoms with Crippen molar-refractivity contribution in [2.75, 3.05) is 0 Å². The lowest BCUT2D eigenvalue weighted by Gasteiger charge is -2.07. The first-order valence-electron chi connectivity index (χ1n) is 4.34. The Morgan fingerprint density at radius 1 is 1.46 bits per heavy atom. The number of aromatic carboxylic acids is 1. The number of rotatable bonds is 4. The van der Waals surface area contributed by atoms with E-state index in [1.807, 2.05) is 13.8 Å². The zero-order chi connectivity index (χ0) is 9.84. The van der Waals surface area contributed by atoms with E-state index in [0.717, 1.165) is 12.8 Å². The predicted octanol–water partition coefficient (Wildman–Crippen LogP) is 1.41. The van der Waals surface area contributed by atoms with Gasteiger partial charge in [-0.2, -0.15) is 10.3 Å². The fraction of sp³-hybridized carbons (Fsp3) is 0.625. The Kier molecular flexibility index (Phi) is 3.00. The van der Waals surface area contributed by atoms with Crippen LogP contribution in [-0.4, -0.2) is 26.5 Å². The molecule has 0 aliphatic rings. The molecule has 0 saturated carbocycles. The van der Waals surface area contributed by atoms with Gasteiger partial charge in [0.1, 0.15) is 5.69 Å². The average molecular weight is 183 g/mol. The zero-order valence-electron chi connectivity index (χ0n) is 7.74. The number of H-pyrrole nitrogens is 1. The van der Waals surface area contributed by atoms with Crippen LogP contribution in [-0.2, 0) is 0 Å². The number of aromatic nitrogens is 3. The number of carboxylic acids is 1. The van der Waals surface area contributed by atoms with Crippen LogP contribution < -0.4 is 0 Å². The topological polar surface area (TPSA) is 78.9 Å². The molecule has 2 N–H and O–H groups in total. The number of nitrogens with one attached hydrogen (secondary N) is 1. The van der Waals surface area contributed by atoms with Crippen molar-refractivity contribution >= 4 is 5.97 Å². The summed E-state index contributed by atoms with van der Waals surface area (Å²) in [5.41, 5.74) is 0.617. The number of carbonyl (C=O) groups is 1. The molecule has 5 heteroatoms. The lowest BCUT2D eigenvalue weighted by atomic mass is 9.98. The Hall–Kier alpha value is -1.39. The summed E-state index contributed by atoms with van der Waals surface area (Å²) in [5.74, 6) is -0.833. The van der Waals surface area contributed by atoms with E-state index in [0.29, 0.717) is 5.69 Å².